The number of hydrogen-bond donors (Lipinski definition) is 1. The summed E-state index contributed by atoms with van der Waals surface area (Å²) in [6.45, 7) is 5.10. The molecule has 0 radical (unpaired) electrons. The maximum Gasteiger partial charge on any atom is 0.128 e. The third-order valence-electron chi connectivity index (χ3n) is 3.38. The maximum absolute atomic E-state index is 13.9. The Balaban J connectivity index is 2.58. The van der Waals surface area contributed by atoms with E-state index >= 15 is 0 Å². The molecule has 3 heteroatoms. The van der Waals surface area contributed by atoms with Crippen molar-refractivity contribution in [2.45, 2.75) is 58.4 Å². The molecular formula is C16H25ClFN. The number of halogens is 2. The first-order valence-corrected chi connectivity index (χ1v) is 7.75. The molecule has 0 amide bonds. The summed E-state index contributed by atoms with van der Waals surface area (Å²) in [5, 5.41) is 3.96. The number of hydrogen-bond acceptors (Lipinski definition) is 1. The van der Waals surface area contributed by atoms with E-state index in [1.54, 1.807) is 12.1 Å². The molecular weight excluding hydrogens is 261 g/mol. The molecule has 1 aromatic rings. The third kappa shape index (κ3) is 5.92. The van der Waals surface area contributed by atoms with Gasteiger partial charge in [0.05, 0.1) is 0 Å². The van der Waals surface area contributed by atoms with Crippen LogP contribution in [0.4, 0.5) is 4.39 Å². The molecule has 0 spiro atoms. The minimum atomic E-state index is -0.163. The lowest BCUT2D eigenvalue weighted by Crippen LogP contribution is -2.22. The van der Waals surface area contributed by atoms with Gasteiger partial charge in [-0.1, -0.05) is 57.6 Å². The zero-order valence-corrected chi connectivity index (χ0v) is 12.8. The molecule has 0 saturated heterocycles. The van der Waals surface area contributed by atoms with Gasteiger partial charge in [-0.05, 0) is 31.2 Å². The fourth-order valence-corrected chi connectivity index (χ4v) is 2.53. The molecule has 0 heterocycles. The Kier molecular flexibility index (Phi) is 8.08. The lowest BCUT2D eigenvalue weighted by atomic mass is 9.99. The minimum absolute atomic E-state index is 0.0744. The predicted molar refractivity (Wildman–Crippen MR) is 81.2 cm³/mol. The Labute approximate surface area is 121 Å². The van der Waals surface area contributed by atoms with Gasteiger partial charge in [-0.15, -0.1) is 0 Å². The summed E-state index contributed by atoms with van der Waals surface area (Å²) in [7, 11) is 0. The van der Waals surface area contributed by atoms with Gasteiger partial charge < -0.3 is 5.32 Å². The van der Waals surface area contributed by atoms with Gasteiger partial charge >= 0.3 is 0 Å². The van der Waals surface area contributed by atoms with Crippen LogP contribution in [0.1, 0.15) is 64.0 Å². The highest BCUT2D eigenvalue weighted by molar-refractivity contribution is 6.30. The molecule has 0 aromatic heterocycles. The first kappa shape index (κ1) is 16.5. The molecule has 1 aromatic carbocycles. The monoisotopic (exact) mass is 285 g/mol. The molecule has 1 rings (SSSR count). The van der Waals surface area contributed by atoms with Gasteiger partial charge in [0, 0.05) is 16.6 Å². The standard InChI is InChI=1S/C16H25ClFN/c1-3-5-6-7-8-9-16(19-4-2)14-12-13(17)10-11-15(14)18/h10-12,16,19H,3-9H2,1-2H3. The minimum Gasteiger partial charge on any atom is -0.310 e. The van der Waals surface area contributed by atoms with Crippen molar-refractivity contribution in [2.75, 3.05) is 6.54 Å². The molecule has 1 unspecified atom stereocenters. The summed E-state index contributed by atoms with van der Waals surface area (Å²) in [5.41, 5.74) is 0.699. The Hall–Kier alpha value is -0.600. The number of rotatable bonds is 9. The van der Waals surface area contributed by atoms with Crippen LogP contribution in [0.15, 0.2) is 18.2 Å². The third-order valence-corrected chi connectivity index (χ3v) is 3.62. The number of unbranched alkanes of at least 4 members (excludes halogenated alkanes) is 4. The van der Waals surface area contributed by atoms with Crippen molar-refractivity contribution >= 4 is 11.6 Å². The van der Waals surface area contributed by atoms with Gasteiger partial charge in [0.25, 0.3) is 0 Å². The van der Waals surface area contributed by atoms with E-state index in [0.29, 0.717) is 10.6 Å². The van der Waals surface area contributed by atoms with Crippen LogP contribution < -0.4 is 5.32 Å². The molecule has 0 aliphatic carbocycles. The first-order chi connectivity index (χ1) is 9.19. The van der Waals surface area contributed by atoms with Crippen molar-refractivity contribution < 1.29 is 4.39 Å². The van der Waals surface area contributed by atoms with Crippen molar-refractivity contribution in [2.24, 2.45) is 0 Å². The van der Waals surface area contributed by atoms with E-state index < -0.39 is 0 Å². The zero-order chi connectivity index (χ0) is 14.1. The average Bonchev–Trinajstić information content (AvgIpc) is 2.40. The Morgan fingerprint density at radius 1 is 1.16 bits per heavy atom. The van der Waals surface area contributed by atoms with Crippen LogP contribution in [0.25, 0.3) is 0 Å². The highest BCUT2D eigenvalue weighted by Crippen LogP contribution is 2.25. The van der Waals surface area contributed by atoms with Gasteiger partial charge in [-0.2, -0.15) is 0 Å². The summed E-state index contributed by atoms with van der Waals surface area (Å²) >= 11 is 5.97. The zero-order valence-electron chi connectivity index (χ0n) is 12.0. The molecule has 0 bridgehead atoms. The lowest BCUT2D eigenvalue weighted by molar-refractivity contribution is 0.459. The normalized spacial score (nSPS) is 12.6. The first-order valence-electron chi connectivity index (χ1n) is 7.37. The molecule has 1 atom stereocenters. The van der Waals surface area contributed by atoms with Gasteiger partial charge in [0.15, 0.2) is 0 Å². The topological polar surface area (TPSA) is 12.0 Å². The van der Waals surface area contributed by atoms with Crippen molar-refractivity contribution in [3.63, 3.8) is 0 Å². The summed E-state index contributed by atoms with van der Waals surface area (Å²) in [6, 6.07) is 4.88. The van der Waals surface area contributed by atoms with Crippen LogP contribution in [0.3, 0.4) is 0 Å². The molecule has 108 valence electrons. The molecule has 0 aliphatic rings. The summed E-state index contributed by atoms with van der Waals surface area (Å²) in [4.78, 5) is 0. The van der Waals surface area contributed by atoms with Crippen LogP contribution in [0.2, 0.25) is 5.02 Å². The largest absolute Gasteiger partial charge is 0.310 e. The molecule has 0 aliphatic heterocycles. The summed E-state index contributed by atoms with van der Waals surface area (Å²) in [6.07, 6.45) is 7.13. The van der Waals surface area contributed by atoms with Gasteiger partial charge in [-0.25, -0.2) is 4.39 Å². The second-order valence-corrected chi connectivity index (χ2v) is 5.42. The second kappa shape index (κ2) is 9.33. The van der Waals surface area contributed by atoms with E-state index in [0.717, 1.165) is 19.4 Å². The number of benzene rings is 1. The number of nitrogens with one attached hydrogen (secondary N) is 1. The van der Waals surface area contributed by atoms with E-state index in [-0.39, 0.29) is 11.9 Å². The van der Waals surface area contributed by atoms with E-state index in [1.165, 1.54) is 31.7 Å². The van der Waals surface area contributed by atoms with Crippen LogP contribution in [0.5, 0.6) is 0 Å². The average molecular weight is 286 g/mol. The molecule has 1 nitrogen and oxygen atoms in total. The van der Waals surface area contributed by atoms with E-state index in [9.17, 15) is 4.39 Å². The van der Waals surface area contributed by atoms with Crippen LogP contribution in [-0.2, 0) is 0 Å². The highest BCUT2D eigenvalue weighted by Gasteiger charge is 2.14. The molecule has 0 saturated carbocycles. The van der Waals surface area contributed by atoms with E-state index in [1.807, 2.05) is 6.92 Å². The fourth-order valence-electron chi connectivity index (χ4n) is 2.35. The SMILES string of the molecule is CCCCCCCC(NCC)c1cc(Cl)ccc1F. The molecule has 19 heavy (non-hydrogen) atoms. The molecule has 1 N–H and O–H groups in total. The second-order valence-electron chi connectivity index (χ2n) is 4.98. The van der Waals surface area contributed by atoms with Gasteiger partial charge in [0.1, 0.15) is 5.82 Å². The summed E-state index contributed by atoms with van der Waals surface area (Å²) in [5.74, 6) is -0.163. The fraction of sp³-hybridized carbons (Fsp3) is 0.625. The van der Waals surface area contributed by atoms with Crippen LogP contribution in [-0.4, -0.2) is 6.54 Å². The van der Waals surface area contributed by atoms with Crippen LogP contribution in [0, 0.1) is 5.82 Å². The Morgan fingerprint density at radius 2 is 1.89 bits per heavy atom. The van der Waals surface area contributed by atoms with Crippen LogP contribution >= 0.6 is 11.6 Å². The van der Waals surface area contributed by atoms with E-state index in [2.05, 4.69) is 12.2 Å². The smallest absolute Gasteiger partial charge is 0.128 e. The van der Waals surface area contributed by atoms with Crippen molar-refractivity contribution in [1.29, 1.82) is 0 Å². The summed E-state index contributed by atoms with van der Waals surface area (Å²) < 4.78 is 13.9. The van der Waals surface area contributed by atoms with E-state index in [4.69, 9.17) is 11.6 Å². The van der Waals surface area contributed by atoms with Gasteiger partial charge in [0.2, 0.25) is 0 Å². The van der Waals surface area contributed by atoms with Gasteiger partial charge in [-0.3, -0.25) is 0 Å². The Morgan fingerprint density at radius 3 is 2.58 bits per heavy atom. The quantitative estimate of drug-likeness (QED) is 0.592. The maximum atomic E-state index is 13.9. The molecule has 0 fully saturated rings. The van der Waals surface area contributed by atoms with Crippen molar-refractivity contribution in [3.8, 4) is 0 Å². The van der Waals surface area contributed by atoms with Crippen molar-refractivity contribution in [3.05, 3.63) is 34.6 Å². The Bertz CT molecular complexity index is 368. The lowest BCUT2D eigenvalue weighted by Gasteiger charge is -2.19. The highest BCUT2D eigenvalue weighted by atomic mass is 35.5. The predicted octanol–water partition coefficient (Wildman–Crippen LogP) is 5.49. The van der Waals surface area contributed by atoms with Crippen molar-refractivity contribution in [1.82, 2.24) is 5.32 Å².